The van der Waals surface area contributed by atoms with Gasteiger partial charge in [-0.2, -0.15) is 4.89 Å². The topological polar surface area (TPSA) is 35.5 Å². The highest BCUT2D eigenvalue weighted by Crippen LogP contribution is 2.17. The van der Waals surface area contributed by atoms with Gasteiger partial charge in [-0.1, -0.05) is 13.8 Å². The van der Waals surface area contributed by atoms with Crippen molar-refractivity contribution in [2.75, 3.05) is 0 Å². The van der Waals surface area contributed by atoms with Gasteiger partial charge in [-0.3, -0.25) is 4.89 Å². The molecule has 0 amide bonds. The number of hydrogen-bond acceptors (Lipinski definition) is 3. The molecule has 1 aliphatic rings. The minimum atomic E-state index is -0.287. The normalized spacial score (nSPS) is 25.7. The molecule has 1 saturated heterocycles. The number of rotatable bonds is 2. The summed E-state index contributed by atoms with van der Waals surface area (Å²) in [5.74, 6) is 0.256. The van der Waals surface area contributed by atoms with Gasteiger partial charge in [-0.15, -0.1) is 0 Å². The molecule has 1 atom stereocenters. The molecule has 0 N–H and O–H groups in total. The maximum absolute atomic E-state index is 10.4. The van der Waals surface area contributed by atoms with E-state index < -0.39 is 0 Å². The molecule has 52 valence electrons. The van der Waals surface area contributed by atoms with Crippen LogP contribution in [0.15, 0.2) is 0 Å². The first-order valence-electron chi connectivity index (χ1n) is 3.07. The van der Waals surface area contributed by atoms with Gasteiger partial charge in [0, 0.05) is 0 Å². The van der Waals surface area contributed by atoms with Crippen molar-refractivity contribution in [3.63, 3.8) is 0 Å². The molecule has 0 radical (unpaired) electrons. The Labute approximate surface area is 53.9 Å². The molecule has 0 aromatic carbocycles. The summed E-state index contributed by atoms with van der Waals surface area (Å²) in [6.07, 6.45) is 0.476. The smallest absolute Gasteiger partial charge is 0.294 e. The third kappa shape index (κ3) is 1.42. The van der Waals surface area contributed by atoms with Crippen LogP contribution >= 0.6 is 0 Å². The number of carbonyl (C=O) groups is 1. The summed E-state index contributed by atoms with van der Waals surface area (Å²) in [4.78, 5) is 19.0. The van der Waals surface area contributed by atoms with Crippen molar-refractivity contribution >= 4 is 5.97 Å². The standard InChI is InChI=1S/C6H10O3/c1-4(2)3-5-6(7)9-8-5/h4-5H,3H2,1-2H3. The highest BCUT2D eigenvalue weighted by atomic mass is 17.3. The lowest BCUT2D eigenvalue weighted by Gasteiger charge is -2.22. The summed E-state index contributed by atoms with van der Waals surface area (Å²) >= 11 is 0. The van der Waals surface area contributed by atoms with Crippen LogP contribution in [0.2, 0.25) is 0 Å². The van der Waals surface area contributed by atoms with Crippen LogP contribution in [0.3, 0.4) is 0 Å². The third-order valence-corrected chi connectivity index (χ3v) is 1.19. The van der Waals surface area contributed by atoms with Gasteiger partial charge in [0.25, 0.3) is 0 Å². The van der Waals surface area contributed by atoms with Crippen LogP contribution in [-0.2, 0) is 14.6 Å². The quantitative estimate of drug-likeness (QED) is 0.521. The van der Waals surface area contributed by atoms with E-state index in [1.807, 2.05) is 13.8 Å². The summed E-state index contributed by atoms with van der Waals surface area (Å²) < 4.78 is 0. The molecular formula is C6H10O3. The van der Waals surface area contributed by atoms with Crippen molar-refractivity contribution in [1.82, 2.24) is 0 Å². The monoisotopic (exact) mass is 130 g/mol. The summed E-state index contributed by atoms with van der Waals surface area (Å²) in [5, 5.41) is 0. The highest BCUT2D eigenvalue weighted by molar-refractivity contribution is 5.76. The van der Waals surface area contributed by atoms with E-state index in [1.54, 1.807) is 0 Å². The van der Waals surface area contributed by atoms with E-state index >= 15 is 0 Å². The van der Waals surface area contributed by atoms with Crippen molar-refractivity contribution in [3.8, 4) is 0 Å². The van der Waals surface area contributed by atoms with Crippen molar-refractivity contribution in [2.24, 2.45) is 5.92 Å². The molecule has 0 saturated carbocycles. The maximum Gasteiger partial charge on any atom is 0.375 e. The summed E-state index contributed by atoms with van der Waals surface area (Å²) in [5.41, 5.74) is 0. The highest BCUT2D eigenvalue weighted by Gasteiger charge is 2.33. The molecule has 9 heavy (non-hydrogen) atoms. The fraction of sp³-hybridized carbons (Fsp3) is 0.833. The molecular weight excluding hydrogens is 120 g/mol. The fourth-order valence-electron chi connectivity index (χ4n) is 0.719. The van der Waals surface area contributed by atoms with E-state index in [4.69, 9.17) is 0 Å². The van der Waals surface area contributed by atoms with Gasteiger partial charge in [-0.05, 0) is 12.3 Å². The molecule has 0 aromatic rings. The molecule has 1 unspecified atom stereocenters. The lowest BCUT2D eigenvalue weighted by molar-refractivity contribution is -0.363. The average molecular weight is 130 g/mol. The van der Waals surface area contributed by atoms with Gasteiger partial charge >= 0.3 is 5.97 Å². The molecule has 1 heterocycles. The van der Waals surface area contributed by atoms with E-state index in [0.29, 0.717) is 5.92 Å². The molecule has 1 fully saturated rings. The first kappa shape index (κ1) is 6.55. The Kier molecular flexibility index (Phi) is 1.71. The zero-order valence-electron chi connectivity index (χ0n) is 5.59. The van der Waals surface area contributed by atoms with E-state index in [9.17, 15) is 4.79 Å². The van der Waals surface area contributed by atoms with Crippen molar-refractivity contribution in [1.29, 1.82) is 0 Å². The summed E-state index contributed by atoms with van der Waals surface area (Å²) in [6, 6.07) is 0. The Bertz CT molecular complexity index is 119. The van der Waals surface area contributed by atoms with Gasteiger partial charge < -0.3 is 0 Å². The van der Waals surface area contributed by atoms with Crippen LogP contribution in [0.1, 0.15) is 20.3 Å². The average Bonchev–Trinajstić information content (AvgIpc) is 1.79. The van der Waals surface area contributed by atoms with Crippen LogP contribution in [0.25, 0.3) is 0 Å². The van der Waals surface area contributed by atoms with Crippen LogP contribution in [0.5, 0.6) is 0 Å². The van der Waals surface area contributed by atoms with Gasteiger partial charge in [0.2, 0.25) is 6.10 Å². The van der Waals surface area contributed by atoms with Crippen LogP contribution in [0, 0.1) is 5.92 Å². The van der Waals surface area contributed by atoms with Crippen molar-refractivity contribution in [3.05, 3.63) is 0 Å². The number of carbonyl (C=O) groups excluding carboxylic acids is 1. The summed E-state index contributed by atoms with van der Waals surface area (Å²) in [7, 11) is 0. The fourth-order valence-corrected chi connectivity index (χ4v) is 0.719. The van der Waals surface area contributed by atoms with E-state index in [-0.39, 0.29) is 12.1 Å². The first-order valence-corrected chi connectivity index (χ1v) is 3.07. The molecule has 1 rings (SSSR count). The van der Waals surface area contributed by atoms with Crippen molar-refractivity contribution < 1.29 is 14.6 Å². The lowest BCUT2D eigenvalue weighted by Crippen LogP contribution is -2.38. The van der Waals surface area contributed by atoms with Crippen LogP contribution in [-0.4, -0.2) is 12.1 Å². The first-order chi connectivity index (χ1) is 4.20. The maximum atomic E-state index is 10.4. The third-order valence-electron chi connectivity index (χ3n) is 1.19. The van der Waals surface area contributed by atoms with Crippen LogP contribution in [0.4, 0.5) is 0 Å². The predicted octanol–water partition coefficient (Wildman–Crippen LogP) is 0.889. The molecule has 0 aliphatic carbocycles. The lowest BCUT2D eigenvalue weighted by atomic mass is 10.1. The van der Waals surface area contributed by atoms with Gasteiger partial charge in [0.15, 0.2) is 0 Å². The van der Waals surface area contributed by atoms with Crippen molar-refractivity contribution in [2.45, 2.75) is 26.4 Å². The van der Waals surface area contributed by atoms with E-state index in [0.717, 1.165) is 6.42 Å². The second-order valence-corrected chi connectivity index (χ2v) is 2.62. The minimum Gasteiger partial charge on any atom is -0.294 e. The largest absolute Gasteiger partial charge is 0.375 e. The van der Waals surface area contributed by atoms with E-state index in [1.165, 1.54) is 0 Å². The molecule has 3 heteroatoms. The Balaban J connectivity index is 2.21. The van der Waals surface area contributed by atoms with Gasteiger partial charge in [0.05, 0.1) is 0 Å². The molecule has 1 aliphatic heterocycles. The molecule has 0 bridgehead atoms. The Morgan fingerprint density at radius 1 is 1.67 bits per heavy atom. The predicted molar refractivity (Wildman–Crippen MR) is 30.4 cm³/mol. The minimum absolute atomic E-state index is 0.233. The SMILES string of the molecule is CC(C)CC1OOC1=O. The molecule has 0 aromatic heterocycles. The Morgan fingerprint density at radius 2 is 2.33 bits per heavy atom. The van der Waals surface area contributed by atoms with Gasteiger partial charge in [0.1, 0.15) is 0 Å². The van der Waals surface area contributed by atoms with E-state index in [2.05, 4.69) is 9.78 Å². The Morgan fingerprint density at radius 3 is 2.44 bits per heavy atom. The second-order valence-electron chi connectivity index (χ2n) is 2.62. The zero-order chi connectivity index (χ0) is 6.85. The summed E-state index contributed by atoms with van der Waals surface area (Å²) in [6.45, 7) is 4.07. The van der Waals surface area contributed by atoms with Crippen LogP contribution < -0.4 is 0 Å². The zero-order valence-corrected chi connectivity index (χ0v) is 5.59. The number of hydrogen-bond donors (Lipinski definition) is 0. The molecule has 0 spiro atoms. The molecule has 3 nitrogen and oxygen atoms in total. The Hall–Kier alpha value is -0.570. The second kappa shape index (κ2) is 2.35. The van der Waals surface area contributed by atoms with Gasteiger partial charge in [-0.25, -0.2) is 4.79 Å².